The van der Waals surface area contributed by atoms with E-state index in [9.17, 15) is 4.79 Å². The Morgan fingerprint density at radius 3 is 2.92 bits per heavy atom. The average Bonchev–Trinajstić information content (AvgIpc) is 2.46. The third kappa shape index (κ3) is 1.76. The van der Waals surface area contributed by atoms with E-state index >= 15 is 0 Å². The fourth-order valence-electron chi connectivity index (χ4n) is 0.885. The van der Waals surface area contributed by atoms with Crippen LogP contribution < -0.4 is 5.73 Å². The topological polar surface area (TPSA) is 68.9 Å². The molecule has 0 radical (unpaired) electrons. The summed E-state index contributed by atoms with van der Waals surface area (Å²) in [7, 11) is 0. The monoisotopic (exact) mass is 215 g/mol. The number of nitrogens with two attached hydrogens (primary N) is 1. The smallest absolute Gasteiger partial charge is 0.277 e. The van der Waals surface area contributed by atoms with Gasteiger partial charge in [0.25, 0.3) is 5.91 Å². The lowest BCUT2D eigenvalue weighted by molar-refractivity contribution is 0.1000. The van der Waals surface area contributed by atoms with Gasteiger partial charge in [0.2, 0.25) is 0 Å². The zero-order chi connectivity index (χ0) is 8.55. The molecule has 2 aromatic heterocycles. The Labute approximate surface area is 84.2 Å². The number of carbonyl (C=O) groups is 1. The summed E-state index contributed by atoms with van der Waals surface area (Å²) < 4.78 is 0.929. The summed E-state index contributed by atoms with van der Waals surface area (Å²) in [6, 6.07) is 1.80. The van der Waals surface area contributed by atoms with Gasteiger partial charge in [0.15, 0.2) is 5.01 Å². The molecule has 0 spiro atoms. The number of aromatic nitrogens is 2. The quantitative estimate of drug-likeness (QED) is 0.778. The van der Waals surface area contributed by atoms with Crippen molar-refractivity contribution in [2.75, 3.05) is 0 Å². The molecule has 0 aliphatic rings. The molecule has 2 N–H and O–H groups in total. The van der Waals surface area contributed by atoms with Crippen LogP contribution in [0.5, 0.6) is 0 Å². The Hall–Kier alpha value is -1.20. The first kappa shape index (κ1) is 9.88. The predicted octanol–water partition coefficient (Wildman–Crippen LogP) is 1.21. The standard InChI is InChI=1S/C7H5N3OS.ClH/c8-6(11)7-10-4-3-9-2-1-5(4)12-7;/h1-3H,(H2,8,11);1H. The third-order valence-electron chi connectivity index (χ3n) is 1.40. The van der Waals surface area contributed by atoms with Crippen molar-refractivity contribution in [3.63, 3.8) is 0 Å². The van der Waals surface area contributed by atoms with Crippen molar-refractivity contribution in [3.8, 4) is 0 Å². The number of pyridine rings is 1. The van der Waals surface area contributed by atoms with E-state index in [0.717, 1.165) is 10.2 Å². The van der Waals surface area contributed by atoms with Gasteiger partial charge in [-0.15, -0.1) is 23.7 Å². The normalized spacial score (nSPS) is 9.54. The summed E-state index contributed by atoms with van der Waals surface area (Å²) in [4.78, 5) is 18.6. The summed E-state index contributed by atoms with van der Waals surface area (Å²) in [6.45, 7) is 0. The maximum atomic E-state index is 10.7. The second kappa shape index (κ2) is 3.68. The second-order valence-corrected chi connectivity index (χ2v) is 3.26. The van der Waals surface area contributed by atoms with Crippen molar-refractivity contribution in [2.45, 2.75) is 0 Å². The largest absolute Gasteiger partial charge is 0.364 e. The van der Waals surface area contributed by atoms with Crippen LogP contribution in [0.1, 0.15) is 9.80 Å². The van der Waals surface area contributed by atoms with Gasteiger partial charge in [-0.3, -0.25) is 9.78 Å². The van der Waals surface area contributed by atoms with Crippen LogP contribution in [0.15, 0.2) is 18.5 Å². The van der Waals surface area contributed by atoms with Crippen LogP contribution in [0.4, 0.5) is 0 Å². The van der Waals surface area contributed by atoms with E-state index in [0.29, 0.717) is 5.01 Å². The Balaban J connectivity index is 0.000000845. The number of thiazole rings is 1. The minimum Gasteiger partial charge on any atom is -0.364 e. The lowest BCUT2D eigenvalue weighted by Crippen LogP contribution is -2.09. The SMILES string of the molecule is Cl.NC(=O)c1nc2cnccc2s1. The van der Waals surface area contributed by atoms with E-state index in [-0.39, 0.29) is 12.4 Å². The fourth-order valence-corrected chi connectivity index (χ4v) is 1.67. The summed E-state index contributed by atoms with van der Waals surface area (Å²) in [5.41, 5.74) is 5.78. The summed E-state index contributed by atoms with van der Waals surface area (Å²) in [6.07, 6.45) is 3.27. The molecule has 4 nitrogen and oxygen atoms in total. The van der Waals surface area contributed by atoms with Crippen molar-refractivity contribution in [3.05, 3.63) is 23.5 Å². The van der Waals surface area contributed by atoms with Gasteiger partial charge in [-0.25, -0.2) is 4.98 Å². The molecule has 0 fully saturated rings. The fraction of sp³-hybridized carbons (Fsp3) is 0. The van der Waals surface area contributed by atoms with Gasteiger partial charge >= 0.3 is 0 Å². The first-order valence-electron chi connectivity index (χ1n) is 3.28. The van der Waals surface area contributed by atoms with Crippen LogP contribution in [-0.4, -0.2) is 15.9 Å². The van der Waals surface area contributed by atoms with Gasteiger partial charge in [-0.05, 0) is 6.07 Å². The first-order valence-corrected chi connectivity index (χ1v) is 4.09. The maximum Gasteiger partial charge on any atom is 0.277 e. The summed E-state index contributed by atoms with van der Waals surface area (Å²) in [5, 5.41) is 0.331. The van der Waals surface area contributed by atoms with Crippen LogP contribution in [0.2, 0.25) is 0 Å². The molecule has 13 heavy (non-hydrogen) atoms. The van der Waals surface area contributed by atoms with E-state index in [1.54, 1.807) is 18.5 Å². The number of halogens is 1. The Morgan fingerprint density at radius 2 is 2.31 bits per heavy atom. The number of fused-ring (bicyclic) bond motifs is 1. The molecular weight excluding hydrogens is 210 g/mol. The molecule has 1 amide bonds. The van der Waals surface area contributed by atoms with Crippen molar-refractivity contribution in [1.82, 2.24) is 9.97 Å². The van der Waals surface area contributed by atoms with E-state index in [1.807, 2.05) is 0 Å². The molecule has 0 bridgehead atoms. The minimum atomic E-state index is -0.490. The van der Waals surface area contributed by atoms with Crippen molar-refractivity contribution in [1.29, 1.82) is 0 Å². The number of rotatable bonds is 1. The van der Waals surface area contributed by atoms with Gasteiger partial charge in [0, 0.05) is 6.20 Å². The van der Waals surface area contributed by atoms with Crippen LogP contribution in [0.25, 0.3) is 10.2 Å². The van der Waals surface area contributed by atoms with Crippen LogP contribution in [0.3, 0.4) is 0 Å². The molecule has 0 unspecified atom stereocenters. The average molecular weight is 216 g/mol. The summed E-state index contributed by atoms with van der Waals surface area (Å²) >= 11 is 1.28. The van der Waals surface area contributed by atoms with Crippen molar-refractivity contribution < 1.29 is 4.79 Å². The third-order valence-corrected chi connectivity index (χ3v) is 2.45. The Kier molecular flexibility index (Phi) is 2.79. The molecular formula is C7H6ClN3OS. The molecule has 2 rings (SSSR count). The number of hydrogen-bond donors (Lipinski definition) is 1. The molecule has 0 saturated carbocycles. The molecule has 0 aromatic carbocycles. The number of amides is 1. The van der Waals surface area contributed by atoms with Crippen molar-refractivity contribution >= 4 is 39.9 Å². The molecule has 0 aliphatic heterocycles. The van der Waals surface area contributed by atoms with Crippen LogP contribution >= 0.6 is 23.7 Å². The summed E-state index contributed by atoms with van der Waals surface area (Å²) in [5.74, 6) is -0.490. The minimum absolute atomic E-state index is 0. The van der Waals surface area contributed by atoms with E-state index in [4.69, 9.17) is 5.73 Å². The molecule has 2 heterocycles. The Bertz CT molecular complexity index is 409. The molecule has 68 valence electrons. The second-order valence-electron chi connectivity index (χ2n) is 2.23. The van der Waals surface area contributed by atoms with Crippen LogP contribution in [-0.2, 0) is 0 Å². The van der Waals surface area contributed by atoms with E-state index in [1.165, 1.54) is 11.3 Å². The predicted molar refractivity (Wildman–Crippen MR) is 53.2 cm³/mol. The van der Waals surface area contributed by atoms with E-state index in [2.05, 4.69) is 9.97 Å². The lowest BCUT2D eigenvalue weighted by atomic mass is 10.4. The zero-order valence-electron chi connectivity index (χ0n) is 6.43. The highest BCUT2D eigenvalue weighted by atomic mass is 35.5. The van der Waals surface area contributed by atoms with Crippen molar-refractivity contribution in [2.24, 2.45) is 5.73 Å². The molecule has 0 saturated heterocycles. The lowest BCUT2D eigenvalue weighted by Gasteiger charge is -1.80. The van der Waals surface area contributed by atoms with Gasteiger partial charge in [-0.1, -0.05) is 0 Å². The molecule has 0 atom stereocenters. The van der Waals surface area contributed by atoms with E-state index < -0.39 is 5.91 Å². The van der Waals surface area contributed by atoms with Gasteiger partial charge in [0.05, 0.1) is 10.9 Å². The highest BCUT2D eigenvalue weighted by molar-refractivity contribution is 7.20. The first-order chi connectivity index (χ1) is 5.77. The van der Waals surface area contributed by atoms with Crippen LogP contribution in [0, 0.1) is 0 Å². The zero-order valence-corrected chi connectivity index (χ0v) is 8.06. The number of carbonyl (C=O) groups excluding carboxylic acids is 1. The highest BCUT2D eigenvalue weighted by Crippen LogP contribution is 2.19. The number of hydrogen-bond acceptors (Lipinski definition) is 4. The maximum absolute atomic E-state index is 10.7. The highest BCUT2D eigenvalue weighted by Gasteiger charge is 2.07. The number of primary amides is 1. The van der Waals surface area contributed by atoms with Gasteiger partial charge < -0.3 is 5.73 Å². The molecule has 6 heteroatoms. The molecule has 0 aliphatic carbocycles. The molecule has 2 aromatic rings. The van der Waals surface area contributed by atoms with Gasteiger partial charge in [-0.2, -0.15) is 0 Å². The Morgan fingerprint density at radius 1 is 1.54 bits per heavy atom. The van der Waals surface area contributed by atoms with Gasteiger partial charge in [0.1, 0.15) is 5.52 Å². The number of nitrogens with zero attached hydrogens (tertiary/aromatic N) is 2.